The van der Waals surface area contributed by atoms with Crippen molar-refractivity contribution >= 4 is 56.6 Å². The standard InChI is InChI=1S/C13H11IN4OS/c1-7-10-4-9(5-15-12(10)18(2)17-7)16-13(19)8-3-11(14)20-6-8/h3-6H,1-2H3,(H,16,19). The number of carbonyl (C=O) groups is 1. The minimum Gasteiger partial charge on any atom is -0.321 e. The van der Waals surface area contributed by atoms with Gasteiger partial charge < -0.3 is 5.32 Å². The molecule has 0 saturated carbocycles. The number of fused-ring (bicyclic) bond motifs is 1. The molecule has 0 fully saturated rings. The molecule has 1 N–H and O–H groups in total. The van der Waals surface area contributed by atoms with Gasteiger partial charge in [-0.1, -0.05) is 0 Å². The van der Waals surface area contributed by atoms with E-state index in [0.717, 1.165) is 19.6 Å². The lowest BCUT2D eigenvalue weighted by Crippen LogP contribution is -2.11. The quantitative estimate of drug-likeness (QED) is 0.675. The van der Waals surface area contributed by atoms with E-state index in [0.29, 0.717) is 11.3 Å². The Morgan fingerprint density at radius 3 is 2.95 bits per heavy atom. The van der Waals surface area contributed by atoms with Gasteiger partial charge in [0.25, 0.3) is 5.91 Å². The summed E-state index contributed by atoms with van der Waals surface area (Å²) in [5.74, 6) is -0.119. The molecule has 3 aromatic heterocycles. The number of rotatable bonds is 2. The topological polar surface area (TPSA) is 59.8 Å². The summed E-state index contributed by atoms with van der Waals surface area (Å²) in [5.41, 5.74) is 3.06. The van der Waals surface area contributed by atoms with Gasteiger partial charge in [0.1, 0.15) is 0 Å². The summed E-state index contributed by atoms with van der Waals surface area (Å²) in [4.78, 5) is 16.4. The molecule has 0 atom stereocenters. The zero-order chi connectivity index (χ0) is 14.3. The highest BCUT2D eigenvalue weighted by Crippen LogP contribution is 2.21. The Kier molecular flexibility index (Phi) is 3.47. The van der Waals surface area contributed by atoms with Crippen molar-refractivity contribution in [3.63, 3.8) is 0 Å². The summed E-state index contributed by atoms with van der Waals surface area (Å²) in [7, 11) is 1.86. The molecular formula is C13H11IN4OS. The molecule has 5 nitrogen and oxygen atoms in total. The summed E-state index contributed by atoms with van der Waals surface area (Å²) >= 11 is 3.75. The highest BCUT2D eigenvalue weighted by molar-refractivity contribution is 14.1. The lowest BCUT2D eigenvalue weighted by molar-refractivity contribution is 0.102. The van der Waals surface area contributed by atoms with E-state index in [-0.39, 0.29) is 5.91 Å². The molecule has 0 aliphatic carbocycles. The van der Waals surface area contributed by atoms with Crippen LogP contribution in [-0.2, 0) is 7.05 Å². The first-order valence-corrected chi connectivity index (χ1v) is 7.85. The van der Waals surface area contributed by atoms with Crippen molar-refractivity contribution in [3.8, 4) is 0 Å². The van der Waals surface area contributed by atoms with Gasteiger partial charge >= 0.3 is 0 Å². The van der Waals surface area contributed by atoms with Crippen molar-refractivity contribution in [1.82, 2.24) is 14.8 Å². The number of aromatic nitrogens is 3. The first kappa shape index (κ1) is 13.5. The minimum absolute atomic E-state index is 0.119. The molecule has 0 unspecified atom stereocenters. The highest BCUT2D eigenvalue weighted by atomic mass is 127. The molecular weight excluding hydrogens is 387 g/mol. The van der Waals surface area contributed by atoms with Gasteiger partial charge in [0, 0.05) is 17.8 Å². The van der Waals surface area contributed by atoms with Crippen LogP contribution in [0.1, 0.15) is 16.1 Å². The van der Waals surface area contributed by atoms with E-state index < -0.39 is 0 Å². The number of hydrogen-bond acceptors (Lipinski definition) is 4. The van der Waals surface area contributed by atoms with Crippen LogP contribution in [0.2, 0.25) is 0 Å². The van der Waals surface area contributed by atoms with E-state index >= 15 is 0 Å². The number of aryl methyl sites for hydroxylation is 2. The molecule has 3 heterocycles. The molecule has 0 aliphatic rings. The predicted molar refractivity (Wildman–Crippen MR) is 88.2 cm³/mol. The van der Waals surface area contributed by atoms with Crippen molar-refractivity contribution in [3.05, 3.63) is 37.9 Å². The van der Waals surface area contributed by atoms with Crippen molar-refractivity contribution in [2.45, 2.75) is 6.92 Å². The Morgan fingerprint density at radius 1 is 1.45 bits per heavy atom. The van der Waals surface area contributed by atoms with Crippen LogP contribution < -0.4 is 5.32 Å². The molecule has 1 amide bonds. The van der Waals surface area contributed by atoms with Crippen LogP contribution in [0.4, 0.5) is 5.69 Å². The van der Waals surface area contributed by atoms with Crippen molar-refractivity contribution in [1.29, 1.82) is 0 Å². The number of pyridine rings is 1. The van der Waals surface area contributed by atoms with Crippen LogP contribution in [0.3, 0.4) is 0 Å². The van der Waals surface area contributed by atoms with Crippen LogP contribution in [0.5, 0.6) is 0 Å². The predicted octanol–water partition coefficient (Wildman–Crippen LogP) is 3.20. The first-order chi connectivity index (χ1) is 9.54. The summed E-state index contributed by atoms with van der Waals surface area (Å²) in [6.45, 7) is 1.93. The summed E-state index contributed by atoms with van der Waals surface area (Å²) in [6.07, 6.45) is 1.65. The van der Waals surface area contributed by atoms with Crippen LogP contribution >= 0.6 is 33.9 Å². The Labute approximate surface area is 133 Å². The zero-order valence-corrected chi connectivity index (χ0v) is 13.8. The molecule has 0 saturated heterocycles. The fourth-order valence-corrected chi connectivity index (χ4v) is 3.34. The molecule has 102 valence electrons. The summed E-state index contributed by atoms with van der Waals surface area (Å²) in [6, 6.07) is 3.77. The van der Waals surface area contributed by atoms with E-state index in [1.165, 1.54) is 0 Å². The number of thiophene rings is 1. The molecule has 0 bridgehead atoms. The smallest absolute Gasteiger partial charge is 0.256 e. The monoisotopic (exact) mass is 398 g/mol. The van der Waals surface area contributed by atoms with E-state index in [4.69, 9.17) is 0 Å². The third kappa shape index (κ3) is 2.42. The number of halogens is 1. The van der Waals surface area contributed by atoms with E-state index in [2.05, 4.69) is 38.0 Å². The van der Waals surface area contributed by atoms with Gasteiger partial charge in [0.15, 0.2) is 5.65 Å². The van der Waals surface area contributed by atoms with Crippen molar-refractivity contribution < 1.29 is 4.79 Å². The number of carbonyl (C=O) groups excluding carboxylic acids is 1. The van der Waals surface area contributed by atoms with Crippen LogP contribution in [0.15, 0.2) is 23.7 Å². The van der Waals surface area contributed by atoms with Crippen LogP contribution in [-0.4, -0.2) is 20.7 Å². The Hall–Kier alpha value is -1.48. The van der Waals surface area contributed by atoms with Gasteiger partial charge in [-0.25, -0.2) is 4.98 Å². The normalized spacial score (nSPS) is 10.9. The second-order valence-electron chi connectivity index (χ2n) is 4.40. The van der Waals surface area contributed by atoms with Crippen molar-refractivity contribution in [2.75, 3.05) is 5.32 Å². The fraction of sp³-hybridized carbons (Fsp3) is 0.154. The maximum Gasteiger partial charge on any atom is 0.256 e. The molecule has 3 rings (SSSR count). The molecule has 0 aliphatic heterocycles. The largest absolute Gasteiger partial charge is 0.321 e. The number of nitrogens with zero attached hydrogens (tertiary/aromatic N) is 3. The number of nitrogens with one attached hydrogen (secondary N) is 1. The van der Waals surface area contributed by atoms with Gasteiger partial charge in [-0.15, -0.1) is 11.3 Å². The second kappa shape index (κ2) is 5.13. The lowest BCUT2D eigenvalue weighted by Gasteiger charge is -2.03. The maximum absolute atomic E-state index is 12.1. The number of hydrogen-bond donors (Lipinski definition) is 1. The molecule has 3 aromatic rings. The highest BCUT2D eigenvalue weighted by Gasteiger charge is 2.11. The van der Waals surface area contributed by atoms with Crippen LogP contribution in [0.25, 0.3) is 11.0 Å². The Bertz CT molecular complexity index is 808. The number of anilines is 1. The van der Waals surface area contributed by atoms with Gasteiger partial charge in [-0.2, -0.15) is 5.10 Å². The molecule has 7 heteroatoms. The Balaban J connectivity index is 1.91. The maximum atomic E-state index is 12.1. The third-order valence-corrected chi connectivity index (χ3v) is 4.74. The van der Waals surface area contributed by atoms with Gasteiger partial charge in [0.05, 0.1) is 26.0 Å². The van der Waals surface area contributed by atoms with E-state index in [9.17, 15) is 4.79 Å². The minimum atomic E-state index is -0.119. The lowest BCUT2D eigenvalue weighted by atomic mass is 10.2. The Morgan fingerprint density at radius 2 is 2.25 bits per heavy atom. The SMILES string of the molecule is Cc1nn(C)c2ncc(NC(=O)c3csc(I)c3)cc12. The molecule has 0 spiro atoms. The first-order valence-electron chi connectivity index (χ1n) is 5.89. The van der Waals surface area contributed by atoms with Gasteiger partial charge in [0.2, 0.25) is 0 Å². The number of amides is 1. The van der Waals surface area contributed by atoms with Gasteiger partial charge in [-0.3, -0.25) is 9.48 Å². The van der Waals surface area contributed by atoms with Gasteiger partial charge in [-0.05, 0) is 41.6 Å². The molecule has 0 aromatic carbocycles. The van der Waals surface area contributed by atoms with Crippen molar-refractivity contribution in [2.24, 2.45) is 7.05 Å². The average molecular weight is 398 g/mol. The summed E-state index contributed by atoms with van der Waals surface area (Å²) < 4.78 is 2.82. The zero-order valence-electron chi connectivity index (χ0n) is 10.8. The summed E-state index contributed by atoms with van der Waals surface area (Å²) in [5, 5.41) is 9.97. The second-order valence-corrected chi connectivity index (χ2v) is 7.20. The molecule has 20 heavy (non-hydrogen) atoms. The van der Waals surface area contributed by atoms with Crippen LogP contribution in [0, 0.1) is 9.81 Å². The fourth-order valence-electron chi connectivity index (χ4n) is 2.01. The van der Waals surface area contributed by atoms with E-state index in [1.54, 1.807) is 22.2 Å². The average Bonchev–Trinajstić information content (AvgIpc) is 2.95. The third-order valence-electron chi connectivity index (χ3n) is 2.95. The molecule has 0 radical (unpaired) electrons. The van der Waals surface area contributed by atoms with E-state index in [1.807, 2.05) is 31.5 Å².